The van der Waals surface area contributed by atoms with Gasteiger partial charge in [0, 0.05) is 12.7 Å². The number of fused-ring (bicyclic) bond motifs is 1. The third-order valence-electron chi connectivity index (χ3n) is 4.03. The topological polar surface area (TPSA) is 49.6 Å². The third-order valence-corrected chi connectivity index (χ3v) is 4.62. The number of hydrogen-bond acceptors (Lipinski definition) is 3. The van der Waals surface area contributed by atoms with Crippen LogP contribution in [0.3, 0.4) is 0 Å². The minimum absolute atomic E-state index is 0.0629. The molecule has 0 radical (unpaired) electrons. The lowest BCUT2D eigenvalue weighted by Gasteiger charge is -2.17. The Bertz CT molecular complexity index is 691. The fraction of sp³-hybridized carbons (Fsp3) is 0.529. The summed E-state index contributed by atoms with van der Waals surface area (Å²) in [5, 5.41) is 3.02. The summed E-state index contributed by atoms with van der Waals surface area (Å²) in [6, 6.07) is 2.01. The molecule has 2 aromatic heterocycles. The molecule has 0 spiro atoms. The SMILES string of the molecule is CCN(CC)CCCNC(=O)c1c(C)nc2c(Br)cc(C)cn12. The van der Waals surface area contributed by atoms with Crippen LogP contribution in [0.5, 0.6) is 0 Å². The number of amides is 1. The van der Waals surface area contributed by atoms with Crippen molar-refractivity contribution in [2.24, 2.45) is 0 Å². The molecule has 1 N–H and O–H groups in total. The largest absolute Gasteiger partial charge is 0.351 e. The van der Waals surface area contributed by atoms with Gasteiger partial charge >= 0.3 is 0 Å². The molecule has 1 amide bonds. The van der Waals surface area contributed by atoms with E-state index < -0.39 is 0 Å². The Hall–Kier alpha value is -1.40. The Morgan fingerprint density at radius 2 is 2.04 bits per heavy atom. The van der Waals surface area contributed by atoms with Gasteiger partial charge in [0.2, 0.25) is 0 Å². The average Bonchev–Trinajstić information content (AvgIpc) is 2.84. The standard InChI is InChI=1S/C17H25BrN4O/c1-5-21(6-2)9-7-8-19-17(23)15-13(4)20-16-14(18)10-12(3)11-22(15)16/h10-11H,5-9H2,1-4H3,(H,19,23). The summed E-state index contributed by atoms with van der Waals surface area (Å²) in [7, 11) is 0. The molecule has 0 fully saturated rings. The normalized spacial score (nSPS) is 11.4. The first-order chi connectivity index (χ1) is 11.0. The van der Waals surface area contributed by atoms with Gasteiger partial charge in [-0.3, -0.25) is 9.20 Å². The van der Waals surface area contributed by atoms with Gasteiger partial charge in [-0.2, -0.15) is 0 Å². The fourth-order valence-electron chi connectivity index (χ4n) is 2.75. The zero-order valence-corrected chi connectivity index (χ0v) is 15.9. The Morgan fingerprint density at radius 1 is 1.35 bits per heavy atom. The first kappa shape index (κ1) is 17.9. The van der Waals surface area contributed by atoms with Crippen molar-refractivity contribution in [1.82, 2.24) is 19.6 Å². The summed E-state index contributed by atoms with van der Waals surface area (Å²) in [5.41, 5.74) is 3.23. The van der Waals surface area contributed by atoms with Crippen LogP contribution in [0.25, 0.3) is 5.65 Å². The van der Waals surface area contributed by atoms with Gasteiger partial charge in [-0.15, -0.1) is 0 Å². The monoisotopic (exact) mass is 380 g/mol. The molecule has 2 heterocycles. The van der Waals surface area contributed by atoms with E-state index >= 15 is 0 Å². The van der Waals surface area contributed by atoms with Crippen molar-refractivity contribution in [1.29, 1.82) is 0 Å². The van der Waals surface area contributed by atoms with Crippen LogP contribution in [-0.2, 0) is 0 Å². The summed E-state index contributed by atoms with van der Waals surface area (Å²) in [4.78, 5) is 19.4. The molecule has 0 aliphatic rings. The molecule has 2 aromatic rings. The Morgan fingerprint density at radius 3 is 2.70 bits per heavy atom. The first-order valence-corrected chi connectivity index (χ1v) is 8.92. The quantitative estimate of drug-likeness (QED) is 0.750. The van der Waals surface area contributed by atoms with Crippen molar-refractivity contribution >= 4 is 27.5 Å². The number of nitrogens with zero attached hydrogens (tertiary/aromatic N) is 3. The summed E-state index contributed by atoms with van der Waals surface area (Å²) in [6.45, 7) is 12.0. The molecule has 5 nitrogen and oxygen atoms in total. The molecule has 0 saturated carbocycles. The zero-order chi connectivity index (χ0) is 17.0. The fourth-order valence-corrected chi connectivity index (χ4v) is 3.39. The van der Waals surface area contributed by atoms with Crippen molar-refractivity contribution in [3.8, 4) is 0 Å². The molecule has 0 aliphatic heterocycles. The number of nitrogens with one attached hydrogen (secondary N) is 1. The zero-order valence-electron chi connectivity index (χ0n) is 14.3. The van der Waals surface area contributed by atoms with E-state index in [2.05, 4.69) is 45.0 Å². The van der Waals surface area contributed by atoms with Crippen molar-refractivity contribution in [3.05, 3.63) is 33.7 Å². The third kappa shape index (κ3) is 4.12. The van der Waals surface area contributed by atoms with Gasteiger partial charge in [0.25, 0.3) is 5.91 Å². The van der Waals surface area contributed by atoms with E-state index in [9.17, 15) is 4.79 Å². The molecule has 0 aromatic carbocycles. The number of halogens is 1. The van der Waals surface area contributed by atoms with Crippen molar-refractivity contribution in [2.45, 2.75) is 34.1 Å². The summed E-state index contributed by atoms with van der Waals surface area (Å²) >= 11 is 3.52. The predicted molar refractivity (Wildman–Crippen MR) is 97.1 cm³/mol. The van der Waals surface area contributed by atoms with Gasteiger partial charge in [-0.05, 0) is 67.5 Å². The van der Waals surface area contributed by atoms with E-state index in [1.807, 2.05) is 30.5 Å². The maximum absolute atomic E-state index is 12.5. The smallest absolute Gasteiger partial charge is 0.270 e. The van der Waals surface area contributed by atoms with Crippen LogP contribution >= 0.6 is 15.9 Å². The highest BCUT2D eigenvalue weighted by Crippen LogP contribution is 2.22. The average molecular weight is 381 g/mol. The molecule has 0 aliphatic carbocycles. The van der Waals surface area contributed by atoms with E-state index in [1.165, 1.54) is 0 Å². The number of carbonyl (C=O) groups excluding carboxylic acids is 1. The molecule has 0 atom stereocenters. The number of carbonyl (C=O) groups is 1. The lowest BCUT2D eigenvalue weighted by Crippen LogP contribution is -2.30. The Kier molecular flexibility index (Phi) is 6.18. The van der Waals surface area contributed by atoms with Crippen LogP contribution in [0.15, 0.2) is 16.7 Å². The predicted octanol–water partition coefficient (Wildman–Crippen LogP) is 3.18. The maximum Gasteiger partial charge on any atom is 0.270 e. The van der Waals surface area contributed by atoms with Crippen molar-refractivity contribution < 1.29 is 4.79 Å². The van der Waals surface area contributed by atoms with E-state index in [1.54, 1.807) is 0 Å². The van der Waals surface area contributed by atoms with Gasteiger partial charge in [-0.1, -0.05) is 13.8 Å². The molecular formula is C17H25BrN4O. The lowest BCUT2D eigenvalue weighted by molar-refractivity contribution is 0.0945. The molecule has 0 unspecified atom stereocenters. The second kappa shape index (κ2) is 7.93. The maximum atomic E-state index is 12.5. The summed E-state index contributed by atoms with van der Waals surface area (Å²) < 4.78 is 2.77. The van der Waals surface area contributed by atoms with Gasteiger partial charge < -0.3 is 10.2 Å². The number of hydrogen-bond donors (Lipinski definition) is 1. The highest BCUT2D eigenvalue weighted by Gasteiger charge is 2.17. The number of imidazole rings is 1. The number of aryl methyl sites for hydroxylation is 2. The molecule has 23 heavy (non-hydrogen) atoms. The van der Waals surface area contributed by atoms with Crippen LogP contribution in [0, 0.1) is 13.8 Å². The second-order valence-corrected chi connectivity index (χ2v) is 6.60. The first-order valence-electron chi connectivity index (χ1n) is 8.13. The molecule has 6 heteroatoms. The second-order valence-electron chi connectivity index (χ2n) is 5.74. The van der Waals surface area contributed by atoms with Crippen LogP contribution in [-0.4, -0.2) is 46.4 Å². The van der Waals surface area contributed by atoms with E-state index in [0.717, 1.165) is 47.4 Å². The minimum atomic E-state index is -0.0629. The van der Waals surface area contributed by atoms with Crippen LogP contribution in [0.2, 0.25) is 0 Å². The Balaban J connectivity index is 2.08. The van der Waals surface area contributed by atoms with Crippen LogP contribution in [0.1, 0.15) is 42.0 Å². The minimum Gasteiger partial charge on any atom is -0.351 e. The number of rotatable bonds is 7. The molecule has 0 saturated heterocycles. The molecular weight excluding hydrogens is 356 g/mol. The summed E-state index contributed by atoms with van der Waals surface area (Å²) in [5.74, 6) is -0.0629. The highest BCUT2D eigenvalue weighted by molar-refractivity contribution is 9.10. The van der Waals surface area contributed by atoms with Crippen LogP contribution in [0.4, 0.5) is 0 Å². The highest BCUT2D eigenvalue weighted by atomic mass is 79.9. The van der Waals surface area contributed by atoms with Gasteiger partial charge in [0.05, 0.1) is 10.2 Å². The summed E-state index contributed by atoms with van der Waals surface area (Å²) in [6.07, 6.45) is 2.90. The van der Waals surface area contributed by atoms with Crippen molar-refractivity contribution in [2.75, 3.05) is 26.2 Å². The van der Waals surface area contributed by atoms with Crippen molar-refractivity contribution in [3.63, 3.8) is 0 Å². The van der Waals surface area contributed by atoms with E-state index in [4.69, 9.17) is 0 Å². The van der Waals surface area contributed by atoms with E-state index in [-0.39, 0.29) is 5.91 Å². The Labute approximate surface area is 146 Å². The van der Waals surface area contributed by atoms with Gasteiger partial charge in [-0.25, -0.2) is 4.98 Å². The molecule has 126 valence electrons. The number of pyridine rings is 1. The molecule has 0 bridgehead atoms. The van der Waals surface area contributed by atoms with Gasteiger partial charge in [0.15, 0.2) is 5.65 Å². The molecule has 2 rings (SSSR count). The number of aromatic nitrogens is 2. The van der Waals surface area contributed by atoms with E-state index in [0.29, 0.717) is 12.2 Å². The van der Waals surface area contributed by atoms with Gasteiger partial charge in [0.1, 0.15) is 5.69 Å². The lowest BCUT2D eigenvalue weighted by atomic mass is 10.3. The van der Waals surface area contributed by atoms with Crippen LogP contribution < -0.4 is 5.32 Å².